The highest BCUT2D eigenvalue weighted by Gasteiger charge is 2.14. The molecule has 0 aliphatic heterocycles. The zero-order chi connectivity index (χ0) is 16.6. The lowest BCUT2D eigenvalue weighted by molar-refractivity contribution is 0.0955. The number of rotatable bonds is 3. The van der Waals surface area contributed by atoms with Gasteiger partial charge in [0.25, 0.3) is 5.91 Å². The van der Waals surface area contributed by atoms with E-state index in [-0.39, 0.29) is 12.5 Å². The second-order valence-corrected chi connectivity index (χ2v) is 6.58. The van der Waals surface area contributed by atoms with Gasteiger partial charge in [-0.1, -0.05) is 17.7 Å². The van der Waals surface area contributed by atoms with Crippen LogP contribution >= 0.6 is 22.9 Å². The number of carbonyl (C=O) groups is 1. The van der Waals surface area contributed by atoms with Crippen LogP contribution in [0.4, 0.5) is 0 Å². The number of halogens is 1. The van der Waals surface area contributed by atoms with Crippen molar-refractivity contribution in [2.45, 2.75) is 20.4 Å². The van der Waals surface area contributed by atoms with E-state index in [9.17, 15) is 9.59 Å². The SMILES string of the molecule is Cc1cc2oc(=O)cc(CNC(=O)c3cccs3)c2c(C)c1Cl. The van der Waals surface area contributed by atoms with Gasteiger partial charge in [-0.2, -0.15) is 0 Å². The number of amides is 1. The molecule has 0 saturated heterocycles. The molecule has 0 saturated carbocycles. The lowest BCUT2D eigenvalue weighted by atomic mass is 10.0. The van der Waals surface area contributed by atoms with Crippen molar-refractivity contribution in [3.8, 4) is 0 Å². The van der Waals surface area contributed by atoms with E-state index in [2.05, 4.69) is 5.32 Å². The molecule has 1 amide bonds. The summed E-state index contributed by atoms with van der Waals surface area (Å²) in [5, 5.41) is 6.08. The third kappa shape index (κ3) is 3.02. The van der Waals surface area contributed by atoms with Crippen LogP contribution in [0.15, 0.2) is 38.9 Å². The van der Waals surface area contributed by atoms with Gasteiger partial charge in [-0.3, -0.25) is 4.79 Å². The van der Waals surface area contributed by atoms with Crippen LogP contribution in [-0.4, -0.2) is 5.91 Å². The molecule has 1 N–H and O–H groups in total. The molecule has 3 aromatic rings. The van der Waals surface area contributed by atoms with Gasteiger partial charge >= 0.3 is 5.63 Å². The molecule has 6 heteroatoms. The minimum atomic E-state index is -0.445. The van der Waals surface area contributed by atoms with E-state index >= 15 is 0 Å². The second-order valence-electron chi connectivity index (χ2n) is 5.26. The molecule has 2 heterocycles. The molecule has 0 aliphatic rings. The van der Waals surface area contributed by atoms with Crippen molar-refractivity contribution in [1.82, 2.24) is 5.32 Å². The van der Waals surface area contributed by atoms with E-state index in [4.69, 9.17) is 16.0 Å². The molecular weight excluding hydrogens is 334 g/mol. The van der Waals surface area contributed by atoms with E-state index in [1.54, 1.807) is 12.1 Å². The largest absolute Gasteiger partial charge is 0.423 e. The van der Waals surface area contributed by atoms with Crippen LogP contribution in [0.2, 0.25) is 5.02 Å². The third-order valence-electron chi connectivity index (χ3n) is 3.65. The average Bonchev–Trinajstić information content (AvgIpc) is 3.04. The lowest BCUT2D eigenvalue weighted by Crippen LogP contribution is -2.22. The van der Waals surface area contributed by atoms with Crippen LogP contribution in [0.3, 0.4) is 0 Å². The molecule has 0 fully saturated rings. The molecular formula is C17H14ClNO3S. The van der Waals surface area contributed by atoms with Gasteiger partial charge < -0.3 is 9.73 Å². The van der Waals surface area contributed by atoms with Crippen LogP contribution in [0.25, 0.3) is 11.0 Å². The number of nitrogens with one attached hydrogen (secondary N) is 1. The molecule has 118 valence electrons. The summed E-state index contributed by atoms with van der Waals surface area (Å²) < 4.78 is 5.27. The first-order valence-electron chi connectivity index (χ1n) is 7.01. The Bertz CT molecular complexity index is 945. The van der Waals surface area contributed by atoms with Crippen LogP contribution in [0, 0.1) is 13.8 Å². The van der Waals surface area contributed by atoms with Gasteiger partial charge in [-0.15, -0.1) is 11.3 Å². The van der Waals surface area contributed by atoms with E-state index in [0.717, 1.165) is 16.5 Å². The fourth-order valence-electron chi connectivity index (χ4n) is 2.56. The first-order chi connectivity index (χ1) is 11.0. The fourth-order valence-corrected chi connectivity index (χ4v) is 3.35. The van der Waals surface area contributed by atoms with E-state index in [0.29, 0.717) is 21.0 Å². The summed E-state index contributed by atoms with van der Waals surface area (Å²) in [5.41, 5.74) is 2.42. The Morgan fingerprint density at radius 1 is 1.35 bits per heavy atom. The average molecular weight is 348 g/mol. The molecule has 1 aromatic carbocycles. The Balaban J connectivity index is 2.01. The van der Waals surface area contributed by atoms with Crippen molar-refractivity contribution in [3.05, 3.63) is 66.7 Å². The number of thiophene rings is 1. The maximum Gasteiger partial charge on any atom is 0.336 e. The molecule has 0 spiro atoms. The molecule has 4 nitrogen and oxygen atoms in total. The van der Waals surface area contributed by atoms with E-state index < -0.39 is 5.63 Å². The van der Waals surface area contributed by atoms with Crippen LogP contribution in [0.5, 0.6) is 0 Å². The summed E-state index contributed by atoms with van der Waals surface area (Å²) in [5.74, 6) is -0.169. The molecule has 23 heavy (non-hydrogen) atoms. The monoisotopic (exact) mass is 347 g/mol. The molecule has 0 unspecified atom stereocenters. The van der Waals surface area contributed by atoms with Crippen LogP contribution in [-0.2, 0) is 6.54 Å². The number of fused-ring (bicyclic) bond motifs is 1. The molecule has 0 atom stereocenters. The Morgan fingerprint density at radius 2 is 2.13 bits per heavy atom. The van der Waals surface area contributed by atoms with E-state index in [1.165, 1.54) is 17.4 Å². The predicted octanol–water partition coefficient (Wildman–Crippen LogP) is 4.05. The summed E-state index contributed by atoms with van der Waals surface area (Å²) in [4.78, 5) is 24.5. The van der Waals surface area contributed by atoms with Crippen LogP contribution < -0.4 is 10.9 Å². The van der Waals surface area contributed by atoms with Crippen molar-refractivity contribution in [2.24, 2.45) is 0 Å². The van der Waals surface area contributed by atoms with Crippen molar-refractivity contribution in [3.63, 3.8) is 0 Å². The number of benzene rings is 1. The first kappa shape index (κ1) is 15.8. The summed E-state index contributed by atoms with van der Waals surface area (Å²) in [6.45, 7) is 3.97. The van der Waals surface area contributed by atoms with Gasteiger partial charge in [0.05, 0.1) is 4.88 Å². The zero-order valence-electron chi connectivity index (χ0n) is 12.6. The standard InChI is InChI=1S/C17H14ClNO3S/c1-9-6-12-15(10(2)16(9)18)11(7-14(20)22-12)8-19-17(21)13-4-3-5-23-13/h3-7H,8H2,1-2H3,(H,19,21). The maximum atomic E-state index is 12.1. The third-order valence-corrected chi connectivity index (χ3v) is 5.10. The van der Waals surface area contributed by atoms with Gasteiger partial charge in [-0.05, 0) is 48.1 Å². The smallest absolute Gasteiger partial charge is 0.336 e. The second kappa shape index (κ2) is 6.18. The highest BCUT2D eigenvalue weighted by atomic mass is 35.5. The number of aryl methyl sites for hydroxylation is 2. The van der Waals surface area contributed by atoms with Crippen molar-refractivity contribution in [1.29, 1.82) is 0 Å². The summed E-state index contributed by atoms with van der Waals surface area (Å²) >= 11 is 7.67. The Kier molecular flexibility index (Phi) is 4.24. The Morgan fingerprint density at radius 3 is 2.83 bits per heavy atom. The minimum Gasteiger partial charge on any atom is -0.423 e. The normalized spacial score (nSPS) is 10.9. The fraction of sp³-hybridized carbons (Fsp3) is 0.176. The summed E-state index contributed by atoms with van der Waals surface area (Å²) in [6, 6.07) is 6.72. The Labute approximate surface area is 141 Å². The van der Waals surface area contributed by atoms with E-state index in [1.807, 2.05) is 25.3 Å². The van der Waals surface area contributed by atoms with Gasteiger partial charge in [0.2, 0.25) is 0 Å². The van der Waals surface area contributed by atoms with Crippen molar-refractivity contribution < 1.29 is 9.21 Å². The number of carbonyl (C=O) groups excluding carboxylic acids is 1. The Hall–Kier alpha value is -2.11. The highest BCUT2D eigenvalue weighted by Crippen LogP contribution is 2.30. The molecule has 2 aromatic heterocycles. The van der Waals surface area contributed by atoms with Crippen molar-refractivity contribution >= 4 is 39.8 Å². The number of hydrogen-bond acceptors (Lipinski definition) is 4. The number of hydrogen-bond donors (Lipinski definition) is 1. The molecule has 0 aliphatic carbocycles. The zero-order valence-corrected chi connectivity index (χ0v) is 14.2. The minimum absolute atomic E-state index is 0.169. The molecule has 3 rings (SSSR count). The lowest BCUT2D eigenvalue weighted by Gasteiger charge is -2.12. The predicted molar refractivity (Wildman–Crippen MR) is 92.5 cm³/mol. The summed E-state index contributed by atoms with van der Waals surface area (Å²) in [6.07, 6.45) is 0. The quantitative estimate of drug-likeness (QED) is 0.727. The van der Waals surface area contributed by atoms with Gasteiger partial charge in [-0.25, -0.2) is 4.79 Å². The molecule has 0 bridgehead atoms. The summed E-state index contributed by atoms with van der Waals surface area (Å²) in [7, 11) is 0. The topological polar surface area (TPSA) is 59.3 Å². The van der Waals surface area contributed by atoms with Gasteiger partial charge in [0.1, 0.15) is 5.58 Å². The maximum absolute atomic E-state index is 12.1. The van der Waals surface area contributed by atoms with Crippen molar-refractivity contribution in [2.75, 3.05) is 0 Å². The van der Waals surface area contributed by atoms with Crippen LogP contribution in [0.1, 0.15) is 26.4 Å². The first-order valence-corrected chi connectivity index (χ1v) is 8.27. The van der Waals surface area contributed by atoms with Gasteiger partial charge in [0, 0.05) is 23.0 Å². The molecule has 0 radical (unpaired) electrons. The highest BCUT2D eigenvalue weighted by molar-refractivity contribution is 7.12. The van der Waals surface area contributed by atoms with Gasteiger partial charge in [0.15, 0.2) is 0 Å².